The van der Waals surface area contributed by atoms with Crippen LogP contribution in [0.25, 0.3) is 16.7 Å². The first-order valence-electron chi connectivity index (χ1n) is 12.9. The van der Waals surface area contributed by atoms with Gasteiger partial charge < -0.3 is 5.32 Å². The van der Waals surface area contributed by atoms with Crippen LogP contribution in [0.15, 0.2) is 41.3 Å². The van der Waals surface area contributed by atoms with E-state index in [0.29, 0.717) is 23.4 Å². The van der Waals surface area contributed by atoms with Gasteiger partial charge in [-0.15, -0.1) is 0 Å². The molecule has 0 unspecified atom stereocenters. The number of rotatable bonds is 5. The van der Waals surface area contributed by atoms with E-state index in [2.05, 4.69) is 15.4 Å². The number of nitrogens with zero attached hydrogens (tertiary/aromatic N) is 4. The number of carbonyl (C=O) groups excluding carboxylic acids is 1. The minimum atomic E-state index is -0.150. The van der Waals surface area contributed by atoms with Crippen LogP contribution in [0.4, 0.5) is 0 Å². The lowest BCUT2D eigenvalue weighted by atomic mass is 9.98. The smallest absolute Gasteiger partial charge is 0.264 e. The fourth-order valence-corrected chi connectivity index (χ4v) is 4.95. The number of hydrogen-bond donors (Lipinski definition) is 1. The van der Waals surface area contributed by atoms with Crippen molar-refractivity contribution in [3.63, 3.8) is 0 Å². The molecule has 1 saturated carbocycles. The van der Waals surface area contributed by atoms with Gasteiger partial charge in [0.25, 0.3) is 5.56 Å². The molecule has 0 radical (unpaired) electrons. The quantitative estimate of drug-likeness (QED) is 0.573. The second kappa shape index (κ2) is 12.0. The molecule has 0 atom stereocenters. The van der Waals surface area contributed by atoms with Crippen LogP contribution >= 0.6 is 0 Å². The summed E-state index contributed by atoms with van der Waals surface area (Å²) < 4.78 is 3.28. The van der Waals surface area contributed by atoms with Gasteiger partial charge in [0, 0.05) is 19.0 Å². The molecule has 2 aromatic heterocycles. The van der Waals surface area contributed by atoms with E-state index in [4.69, 9.17) is 0 Å². The van der Waals surface area contributed by atoms with Gasteiger partial charge in [-0.05, 0) is 31.9 Å². The zero-order chi connectivity index (χ0) is 23.8. The average Bonchev–Trinajstić information content (AvgIpc) is 3.25. The number of aryl methyl sites for hydroxylation is 1. The molecule has 34 heavy (non-hydrogen) atoms. The third kappa shape index (κ3) is 6.13. The molecule has 0 saturated heterocycles. The predicted molar refractivity (Wildman–Crippen MR) is 135 cm³/mol. The Kier molecular flexibility index (Phi) is 8.50. The van der Waals surface area contributed by atoms with Crippen molar-refractivity contribution in [3.05, 3.63) is 52.7 Å². The Labute approximate surface area is 201 Å². The van der Waals surface area contributed by atoms with Crippen LogP contribution < -0.4 is 10.9 Å². The Morgan fingerprint density at radius 2 is 1.59 bits per heavy atom. The van der Waals surface area contributed by atoms with Gasteiger partial charge in [0.05, 0.1) is 11.9 Å². The van der Waals surface area contributed by atoms with Gasteiger partial charge in [-0.2, -0.15) is 5.10 Å². The summed E-state index contributed by atoms with van der Waals surface area (Å²) in [5.74, 6) is 0.609. The topological polar surface area (TPSA) is 81.8 Å². The molecular weight excluding hydrogens is 426 g/mol. The van der Waals surface area contributed by atoms with E-state index in [1.165, 1.54) is 57.8 Å². The molecule has 3 aromatic rings. The zero-order valence-electron chi connectivity index (χ0n) is 20.3. The molecule has 1 fully saturated rings. The van der Waals surface area contributed by atoms with Crippen molar-refractivity contribution in [1.29, 1.82) is 0 Å². The number of aromatic nitrogens is 4. The van der Waals surface area contributed by atoms with Crippen molar-refractivity contribution in [1.82, 2.24) is 24.6 Å². The minimum Gasteiger partial charge on any atom is -0.353 e. The highest BCUT2D eigenvalue weighted by Gasteiger charge is 2.16. The van der Waals surface area contributed by atoms with E-state index >= 15 is 0 Å². The lowest BCUT2D eigenvalue weighted by molar-refractivity contribution is -0.122. The molecule has 2 heterocycles. The molecule has 1 aliphatic rings. The van der Waals surface area contributed by atoms with Crippen LogP contribution in [0.3, 0.4) is 0 Å². The van der Waals surface area contributed by atoms with Gasteiger partial charge in [0.15, 0.2) is 5.65 Å². The van der Waals surface area contributed by atoms with Crippen LogP contribution in [0.5, 0.6) is 0 Å². The molecule has 0 aliphatic heterocycles. The summed E-state index contributed by atoms with van der Waals surface area (Å²) in [6.07, 6.45) is 15.5. The molecule has 0 bridgehead atoms. The van der Waals surface area contributed by atoms with E-state index < -0.39 is 0 Å². The standard InChI is InChI=1S/C27H37N5O2/c1-21-29-26-24(20-28-32(26)23-16-12-9-13-17-23)27(34)31(21)19-18-25(33)30-22-14-10-7-5-3-2-4-6-8-11-15-22/h9,12-13,16-17,20,22H,2-8,10-11,14-15,18-19H2,1H3,(H,30,33). The van der Waals surface area contributed by atoms with Crippen LogP contribution in [0.2, 0.25) is 0 Å². The molecule has 182 valence electrons. The normalized spacial score (nSPS) is 16.6. The first-order chi connectivity index (χ1) is 16.6. The SMILES string of the molecule is Cc1nc2c(cnn2-c2ccccc2)c(=O)n1CCC(=O)NC1CCCCCCCCCCC1. The van der Waals surface area contributed by atoms with Gasteiger partial charge in [0.1, 0.15) is 11.2 Å². The first-order valence-corrected chi connectivity index (χ1v) is 12.9. The van der Waals surface area contributed by atoms with Crippen LogP contribution in [-0.4, -0.2) is 31.3 Å². The van der Waals surface area contributed by atoms with Crippen LogP contribution in [0, 0.1) is 6.92 Å². The van der Waals surface area contributed by atoms with E-state index in [0.717, 1.165) is 18.5 Å². The number of amides is 1. The van der Waals surface area contributed by atoms with Crippen molar-refractivity contribution in [2.24, 2.45) is 0 Å². The average molecular weight is 464 g/mol. The summed E-state index contributed by atoms with van der Waals surface area (Å²) in [5, 5.41) is 8.10. The number of carbonyl (C=O) groups is 1. The fraction of sp³-hybridized carbons (Fsp3) is 0.556. The highest BCUT2D eigenvalue weighted by Crippen LogP contribution is 2.17. The molecule has 1 aromatic carbocycles. The largest absolute Gasteiger partial charge is 0.353 e. The lowest BCUT2D eigenvalue weighted by Gasteiger charge is -2.20. The van der Waals surface area contributed by atoms with E-state index in [-0.39, 0.29) is 23.9 Å². The van der Waals surface area contributed by atoms with Crippen molar-refractivity contribution in [3.8, 4) is 5.69 Å². The number of benzene rings is 1. The van der Waals surface area contributed by atoms with Crippen LogP contribution in [-0.2, 0) is 11.3 Å². The number of nitrogens with one attached hydrogen (secondary N) is 1. The minimum absolute atomic E-state index is 0.0171. The second-order valence-electron chi connectivity index (χ2n) is 9.52. The third-order valence-electron chi connectivity index (χ3n) is 6.91. The van der Waals surface area contributed by atoms with Gasteiger partial charge in [-0.25, -0.2) is 9.67 Å². The summed E-state index contributed by atoms with van der Waals surface area (Å²) in [6.45, 7) is 2.14. The monoisotopic (exact) mass is 463 g/mol. The molecule has 1 aliphatic carbocycles. The number of para-hydroxylation sites is 1. The number of fused-ring (bicyclic) bond motifs is 1. The van der Waals surface area contributed by atoms with Crippen molar-refractivity contribution in [2.45, 2.75) is 96.6 Å². The molecule has 0 spiro atoms. The molecule has 7 heteroatoms. The van der Waals surface area contributed by atoms with Crippen molar-refractivity contribution < 1.29 is 4.79 Å². The van der Waals surface area contributed by atoms with E-state index in [1.54, 1.807) is 15.4 Å². The van der Waals surface area contributed by atoms with Gasteiger partial charge in [-0.3, -0.25) is 14.2 Å². The van der Waals surface area contributed by atoms with E-state index in [1.807, 2.05) is 37.3 Å². The Morgan fingerprint density at radius 1 is 0.971 bits per heavy atom. The maximum atomic E-state index is 13.1. The van der Waals surface area contributed by atoms with E-state index in [9.17, 15) is 9.59 Å². The number of hydrogen-bond acceptors (Lipinski definition) is 4. The Balaban J connectivity index is 1.40. The zero-order valence-corrected chi connectivity index (χ0v) is 20.3. The van der Waals surface area contributed by atoms with Gasteiger partial charge >= 0.3 is 0 Å². The first kappa shape index (κ1) is 24.2. The Hall–Kier alpha value is -2.96. The maximum Gasteiger partial charge on any atom is 0.264 e. The maximum absolute atomic E-state index is 13.1. The highest BCUT2D eigenvalue weighted by molar-refractivity contribution is 5.77. The van der Waals surface area contributed by atoms with Crippen molar-refractivity contribution >= 4 is 16.9 Å². The lowest BCUT2D eigenvalue weighted by Crippen LogP contribution is -2.36. The fourth-order valence-electron chi connectivity index (χ4n) is 4.95. The summed E-state index contributed by atoms with van der Waals surface area (Å²) in [4.78, 5) is 30.6. The third-order valence-corrected chi connectivity index (χ3v) is 6.91. The Morgan fingerprint density at radius 3 is 2.24 bits per heavy atom. The molecular formula is C27H37N5O2. The molecule has 1 N–H and O–H groups in total. The molecule has 1 amide bonds. The Bertz CT molecular complexity index is 1120. The summed E-state index contributed by atoms with van der Waals surface area (Å²) in [5.41, 5.74) is 1.25. The van der Waals surface area contributed by atoms with Gasteiger partial charge in [-0.1, -0.05) is 76.0 Å². The molecule has 4 rings (SSSR count). The van der Waals surface area contributed by atoms with Crippen molar-refractivity contribution in [2.75, 3.05) is 0 Å². The molecule has 7 nitrogen and oxygen atoms in total. The van der Waals surface area contributed by atoms with Gasteiger partial charge in [0.2, 0.25) is 5.91 Å². The second-order valence-corrected chi connectivity index (χ2v) is 9.52. The summed E-state index contributed by atoms with van der Waals surface area (Å²) in [6, 6.07) is 9.90. The summed E-state index contributed by atoms with van der Waals surface area (Å²) in [7, 11) is 0. The highest BCUT2D eigenvalue weighted by atomic mass is 16.2. The summed E-state index contributed by atoms with van der Waals surface area (Å²) >= 11 is 0. The van der Waals surface area contributed by atoms with Crippen LogP contribution in [0.1, 0.15) is 82.9 Å². The predicted octanol–water partition coefficient (Wildman–Crippen LogP) is 5.07.